The van der Waals surface area contributed by atoms with Crippen molar-refractivity contribution in [3.8, 4) is 0 Å². The fourth-order valence-corrected chi connectivity index (χ4v) is 1.99. The Balaban J connectivity index is 5.51. The molecule has 1 N–H and O–H groups in total. The van der Waals surface area contributed by atoms with Crippen LogP contribution in [0, 0.1) is 10.8 Å². The molecule has 1 unspecified atom stereocenters. The number of carbonyl (C=O) groups excluding carboxylic acids is 1. The van der Waals surface area contributed by atoms with Gasteiger partial charge in [-0.15, -0.1) is 0 Å². The fraction of sp³-hybridized carbons (Fsp3) is 0.800. The number of rotatable bonds is 7. The SMILES string of the molecule is CCCOC(=O)C(C=C(C)C)(CO)C(C)(C)CC. The normalized spacial score (nSPS) is 14.8. The topological polar surface area (TPSA) is 46.5 Å². The van der Waals surface area contributed by atoms with E-state index in [1.54, 1.807) is 0 Å². The molecule has 0 aromatic heterocycles. The van der Waals surface area contributed by atoms with Crippen molar-refractivity contribution in [3.63, 3.8) is 0 Å². The van der Waals surface area contributed by atoms with Gasteiger partial charge in [0.1, 0.15) is 5.41 Å². The van der Waals surface area contributed by atoms with E-state index in [0.29, 0.717) is 6.61 Å². The first kappa shape index (κ1) is 17.2. The Kier molecular flexibility index (Phi) is 6.61. The second-order valence-electron chi connectivity index (χ2n) is 5.72. The summed E-state index contributed by atoms with van der Waals surface area (Å²) in [5.74, 6) is -0.320. The molecule has 0 heterocycles. The van der Waals surface area contributed by atoms with Crippen LogP contribution in [0.5, 0.6) is 0 Å². The highest BCUT2D eigenvalue weighted by Crippen LogP contribution is 2.44. The van der Waals surface area contributed by atoms with E-state index in [2.05, 4.69) is 0 Å². The van der Waals surface area contributed by atoms with Gasteiger partial charge in [-0.25, -0.2) is 0 Å². The van der Waals surface area contributed by atoms with Crippen molar-refractivity contribution in [2.75, 3.05) is 13.2 Å². The number of hydrogen-bond acceptors (Lipinski definition) is 3. The van der Waals surface area contributed by atoms with Gasteiger partial charge in [-0.3, -0.25) is 4.79 Å². The molecular formula is C15H28O3. The lowest BCUT2D eigenvalue weighted by atomic mass is 9.63. The van der Waals surface area contributed by atoms with Crippen LogP contribution in [-0.2, 0) is 9.53 Å². The maximum atomic E-state index is 12.4. The zero-order chi connectivity index (χ0) is 14.4. The van der Waals surface area contributed by atoms with Crippen molar-refractivity contribution in [2.45, 2.75) is 54.4 Å². The Morgan fingerprint density at radius 2 is 1.83 bits per heavy atom. The third-order valence-corrected chi connectivity index (χ3v) is 3.68. The van der Waals surface area contributed by atoms with Gasteiger partial charge in [0, 0.05) is 0 Å². The van der Waals surface area contributed by atoms with Crippen molar-refractivity contribution in [2.24, 2.45) is 10.8 Å². The number of ether oxygens (including phenoxy) is 1. The average molecular weight is 256 g/mol. The minimum absolute atomic E-state index is 0.221. The number of aliphatic hydroxyl groups is 1. The summed E-state index contributed by atoms with van der Waals surface area (Å²) in [5.41, 5.74) is -0.279. The minimum atomic E-state index is -0.949. The first-order chi connectivity index (χ1) is 8.27. The molecule has 0 saturated heterocycles. The first-order valence-electron chi connectivity index (χ1n) is 6.71. The van der Waals surface area contributed by atoms with Crippen LogP contribution < -0.4 is 0 Å². The van der Waals surface area contributed by atoms with Crippen LogP contribution in [0.2, 0.25) is 0 Å². The van der Waals surface area contributed by atoms with E-state index < -0.39 is 5.41 Å². The first-order valence-corrected chi connectivity index (χ1v) is 6.71. The smallest absolute Gasteiger partial charge is 0.318 e. The van der Waals surface area contributed by atoms with E-state index in [-0.39, 0.29) is 18.0 Å². The van der Waals surface area contributed by atoms with Gasteiger partial charge in [0.05, 0.1) is 13.2 Å². The number of carbonyl (C=O) groups is 1. The maximum Gasteiger partial charge on any atom is 0.318 e. The second kappa shape index (κ2) is 6.93. The summed E-state index contributed by atoms with van der Waals surface area (Å²) in [6.45, 7) is 12.0. The van der Waals surface area contributed by atoms with Gasteiger partial charge in [0.2, 0.25) is 0 Å². The standard InChI is InChI=1S/C15H28O3/c1-7-9-18-13(17)15(11-16,10-12(3)4)14(5,6)8-2/h10,16H,7-9,11H2,1-6H3. The summed E-state index contributed by atoms with van der Waals surface area (Å²) in [6, 6.07) is 0. The Bertz CT molecular complexity index is 301. The van der Waals surface area contributed by atoms with E-state index in [4.69, 9.17) is 4.74 Å². The second-order valence-corrected chi connectivity index (χ2v) is 5.72. The molecule has 106 valence electrons. The summed E-state index contributed by atoms with van der Waals surface area (Å²) in [5, 5.41) is 9.82. The summed E-state index contributed by atoms with van der Waals surface area (Å²) in [6.07, 6.45) is 3.43. The fourth-order valence-electron chi connectivity index (χ4n) is 1.99. The molecule has 0 spiro atoms. The zero-order valence-electron chi connectivity index (χ0n) is 12.7. The highest BCUT2D eigenvalue weighted by Gasteiger charge is 2.49. The molecule has 0 aromatic rings. The Hall–Kier alpha value is -0.830. The molecule has 3 nitrogen and oxygen atoms in total. The van der Waals surface area contributed by atoms with Crippen molar-refractivity contribution in [1.82, 2.24) is 0 Å². The van der Waals surface area contributed by atoms with Crippen LogP contribution >= 0.6 is 0 Å². The summed E-state index contributed by atoms with van der Waals surface area (Å²) < 4.78 is 5.29. The van der Waals surface area contributed by atoms with Gasteiger partial charge in [-0.1, -0.05) is 39.3 Å². The van der Waals surface area contributed by atoms with Gasteiger partial charge in [-0.05, 0) is 32.1 Å². The van der Waals surface area contributed by atoms with Gasteiger partial charge in [0.15, 0.2) is 0 Å². The molecule has 0 rings (SSSR count). The van der Waals surface area contributed by atoms with E-state index in [0.717, 1.165) is 18.4 Å². The molecule has 0 amide bonds. The summed E-state index contributed by atoms with van der Waals surface area (Å²) in [4.78, 5) is 12.4. The molecule has 1 atom stereocenters. The zero-order valence-corrected chi connectivity index (χ0v) is 12.7. The van der Waals surface area contributed by atoms with Crippen LogP contribution in [-0.4, -0.2) is 24.3 Å². The third-order valence-electron chi connectivity index (χ3n) is 3.68. The minimum Gasteiger partial charge on any atom is -0.465 e. The number of esters is 1. The molecule has 0 aliphatic heterocycles. The number of aliphatic hydroxyl groups excluding tert-OH is 1. The Morgan fingerprint density at radius 1 is 1.28 bits per heavy atom. The van der Waals surface area contributed by atoms with Crippen LogP contribution in [0.15, 0.2) is 11.6 Å². The lowest BCUT2D eigenvalue weighted by Crippen LogP contribution is -2.47. The van der Waals surface area contributed by atoms with Crippen molar-refractivity contribution in [1.29, 1.82) is 0 Å². The lowest BCUT2D eigenvalue weighted by Gasteiger charge is -2.41. The van der Waals surface area contributed by atoms with Crippen molar-refractivity contribution < 1.29 is 14.6 Å². The van der Waals surface area contributed by atoms with Gasteiger partial charge in [0.25, 0.3) is 0 Å². The van der Waals surface area contributed by atoms with Gasteiger partial charge in [-0.2, -0.15) is 0 Å². The highest BCUT2D eigenvalue weighted by atomic mass is 16.5. The average Bonchev–Trinajstić information content (AvgIpc) is 2.32. The predicted molar refractivity (Wildman–Crippen MR) is 74.3 cm³/mol. The largest absolute Gasteiger partial charge is 0.465 e. The molecular weight excluding hydrogens is 228 g/mol. The quantitative estimate of drug-likeness (QED) is 0.561. The number of allylic oxidation sites excluding steroid dienone is 1. The van der Waals surface area contributed by atoms with Crippen LogP contribution in [0.3, 0.4) is 0 Å². The monoisotopic (exact) mass is 256 g/mol. The Labute approximate surface area is 111 Å². The van der Waals surface area contributed by atoms with E-state index in [1.165, 1.54) is 0 Å². The van der Waals surface area contributed by atoms with Crippen LogP contribution in [0.4, 0.5) is 0 Å². The maximum absolute atomic E-state index is 12.4. The van der Waals surface area contributed by atoms with E-state index >= 15 is 0 Å². The van der Waals surface area contributed by atoms with Crippen molar-refractivity contribution in [3.05, 3.63) is 11.6 Å². The van der Waals surface area contributed by atoms with Gasteiger partial charge >= 0.3 is 5.97 Å². The molecule has 18 heavy (non-hydrogen) atoms. The Morgan fingerprint density at radius 3 is 2.17 bits per heavy atom. The third kappa shape index (κ3) is 3.58. The summed E-state index contributed by atoms with van der Waals surface area (Å²) >= 11 is 0. The molecule has 3 heteroatoms. The van der Waals surface area contributed by atoms with Crippen molar-refractivity contribution >= 4 is 5.97 Å². The molecule has 0 saturated carbocycles. The molecule has 0 aromatic carbocycles. The lowest BCUT2D eigenvalue weighted by molar-refractivity contribution is -0.163. The molecule has 0 radical (unpaired) electrons. The van der Waals surface area contributed by atoms with E-state index in [9.17, 15) is 9.90 Å². The highest BCUT2D eigenvalue weighted by molar-refractivity contribution is 5.80. The van der Waals surface area contributed by atoms with Crippen LogP contribution in [0.25, 0.3) is 0 Å². The van der Waals surface area contributed by atoms with E-state index in [1.807, 2.05) is 47.6 Å². The predicted octanol–water partition coefficient (Wildman–Crippen LogP) is 3.32. The molecule has 0 aliphatic carbocycles. The molecule has 0 aliphatic rings. The van der Waals surface area contributed by atoms with Crippen LogP contribution in [0.1, 0.15) is 54.4 Å². The number of hydrogen-bond donors (Lipinski definition) is 1. The van der Waals surface area contributed by atoms with Gasteiger partial charge < -0.3 is 9.84 Å². The molecule has 0 fully saturated rings. The summed E-state index contributed by atoms with van der Waals surface area (Å²) in [7, 11) is 0. The molecule has 0 bridgehead atoms.